The van der Waals surface area contributed by atoms with Crippen molar-refractivity contribution in [3.05, 3.63) is 36.0 Å². The molecule has 5 nitrogen and oxygen atoms in total. The van der Waals surface area contributed by atoms with E-state index in [2.05, 4.69) is 10.2 Å². The lowest BCUT2D eigenvalue weighted by Crippen LogP contribution is -1.94. The lowest BCUT2D eigenvalue weighted by Gasteiger charge is -2.08. The molecule has 0 aliphatic heterocycles. The number of benzene rings is 1. The normalized spacial score (nSPS) is 10.0. The van der Waals surface area contributed by atoms with Gasteiger partial charge in [-0.25, -0.2) is 0 Å². The van der Waals surface area contributed by atoms with Crippen LogP contribution in [-0.4, -0.2) is 17.3 Å². The summed E-state index contributed by atoms with van der Waals surface area (Å²) in [7, 11) is 1.57. The summed E-state index contributed by atoms with van der Waals surface area (Å²) in [5.41, 5.74) is 7.28. The zero-order chi connectivity index (χ0) is 12.3. The number of anilines is 1. The second-order valence-corrected chi connectivity index (χ2v) is 3.58. The number of nitrogen functional groups attached to an aromatic ring is 1. The van der Waals surface area contributed by atoms with E-state index in [0.717, 1.165) is 5.56 Å². The Morgan fingerprint density at radius 1 is 1.24 bits per heavy atom. The van der Waals surface area contributed by atoms with E-state index >= 15 is 0 Å². The number of hydrogen-bond acceptors (Lipinski definition) is 5. The van der Waals surface area contributed by atoms with Crippen LogP contribution < -0.4 is 15.2 Å². The zero-order valence-electron chi connectivity index (χ0n) is 9.68. The van der Waals surface area contributed by atoms with Crippen LogP contribution in [0.15, 0.2) is 30.5 Å². The average molecular weight is 231 g/mol. The van der Waals surface area contributed by atoms with Crippen molar-refractivity contribution in [2.24, 2.45) is 0 Å². The Balaban J connectivity index is 2.22. The van der Waals surface area contributed by atoms with Crippen molar-refractivity contribution in [2.45, 2.75) is 6.92 Å². The average Bonchev–Trinajstić information content (AvgIpc) is 2.29. The van der Waals surface area contributed by atoms with Gasteiger partial charge in [0.15, 0.2) is 0 Å². The summed E-state index contributed by atoms with van der Waals surface area (Å²) in [6, 6.07) is 6.99. The molecule has 2 rings (SSSR count). The molecule has 2 aromatic rings. The van der Waals surface area contributed by atoms with Crippen molar-refractivity contribution >= 4 is 5.69 Å². The number of nitrogens with two attached hydrogens (primary N) is 1. The van der Waals surface area contributed by atoms with Crippen LogP contribution in [0.3, 0.4) is 0 Å². The zero-order valence-corrected chi connectivity index (χ0v) is 9.68. The number of hydrogen-bond donors (Lipinski definition) is 1. The molecular formula is C12H13N3O2. The summed E-state index contributed by atoms with van der Waals surface area (Å²) in [4.78, 5) is 0. The minimum absolute atomic E-state index is 0.439. The summed E-state index contributed by atoms with van der Waals surface area (Å²) in [5, 5.41) is 7.67. The molecule has 0 radical (unpaired) electrons. The maximum Gasteiger partial charge on any atom is 0.239 e. The first kappa shape index (κ1) is 11.2. The third-order valence-corrected chi connectivity index (χ3v) is 2.19. The van der Waals surface area contributed by atoms with Crippen LogP contribution in [0.2, 0.25) is 0 Å². The second-order valence-electron chi connectivity index (χ2n) is 3.58. The van der Waals surface area contributed by atoms with Crippen LogP contribution in [0.25, 0.3) is 0 Å². The maximum atomic E-state index is 5.77. The molecule has 0 aliphatic carbocycles. The predicted octanol–water partition coefficient (Wildman–Crippen LogP) is 2.17. The first-order chi connectivity index (χ1) is 8.19. The number of nitrogens with zero attached hydrogens (tertiary/aromatic N) is 2. The van der Waals surface area contributed by atoms with Crippen molar-refractivity contribution in [3.63, 3.8) is 0 Å². The molecule has 0 amide bonds. The van der Waals surface area contributed by atoms with Gasteiger partial charge in [0.25, 0.3) is 0 Å². The Hall–Kier alpha value is -2.30. The Bertz CT molecular complexity index is 529. The summed E-state index contributed by atoms with van der Waals surface area (Å²) in [6.07, 6.45) is 1.66. The fourth-order valence-electron chi connectivity index (χ4n) is 1.38. The first-order valence-electron chi connectivity index (χ1n) is 5.10. The molecule has 0 atom stereocenters. The number of ether oxygens (including phenoxy) is 2. The van der Waals surface area contributed by atoms with Gasteiger partial charge in [0.2, 0.25) is 5.88 Å². The highest BCUT2D eigenvalue weighted by Crippen LogP contribution is 2.28. The molecule has 0 spiro atoms. The fraction of sp³-hybridized carbons (Fsp3) is 0.167. The Kier molecular flexibility index (Phi) is 3.09. The minimum atomic E-state index is 0.439. The van der Waals surface area contributed by atoms with Crippen LogP contribution in [0.1, 0.15) is 5.56 Å². The van der Waals surface area contributed by atoms with Crippen LogP contribution in [0.5, 0.6) is 17.4 Å². The van der Waals surface area contributed by atoms with Crippen molar-refractivity contribution in [2.75, 3.05) is 12.8 Å². The van der Waals surface area contributed by atoms with Gasteiger partial charge in [0.05, 0.1) is 19.0 Å². The highest BCUT2D eigenvalue weighted by Gasteiger charge is 2.03. The first-order valence-corrected chi connectivity index (χ1v) is 5.10. The predicted molar refractivity (Wildman–Crippen MR) is 64.2 cm³/mol. The molecule has 1 heterocycles. The molecule has 0 saturated carbocycles. The van der Waals surface area contributed by atoms with Crippen molar-refractivity contribution in [1.29, 1.82) is 0 Å². The molecule has 0 bridgehead atoms. The molecule has 0 fully saturated rings. The van der Waals surface area contributed by atoms with Crippen LogP contribution >= 0.6 is 0 Å². The number of aryl methyl sites for hydroxylation is 1. The van der Waals surface area contributed by atoms with E-state index in [0.29, 0.717) is 23.1 Å². The number of aromatic nitrogens is 2. The summed E-state index contributed by atoms with van der Waals surface area (Å²) in [6.45, 7) is 1.92. The van der Waals surface area contributed by atoms with Crippen LogP contribution in [0, 0.1) is 6.92 Å². The smallest absolute Gasteiger partial charge is 0.239 e. The van der Waals surface area contributed by atoms with E-state index < -0.39 is 0 Å². The fourth-order valence-corrected chi connectivity index (χ4v) is 1.38. The number of rotatable bonds is 3. The van der Waals surface area contributed by atoms with E-state index in [1.54, 1.807) is 37.6 Å². The Morgan fingerprint density at radius 3 is 2.71 bits per heavy atom. The second kappa shape index (κ2) is 4.69. The summed E-state index contributed by atoms with van der Waals surface area (Å²) < 4.78 is 10.6. The van der Waals surface area contributed by atoms with Crippen LogP contribution in [-0.2, 0) is 0 Å². The Morgan fingerprint density at radius 2 is 2.06 bits per heavy atom. The van der Waals surface area contributed by atoms with Gasteiger partial charge in [-0.15, -0.1) is 5.10 Å². The quantitative estimate of drug-likeness (QED) is 0.820. The summed E-state index contributed by atoms with van der Waals surface area (Å²) >= 11 is 0. The summed E-state index contributed by atoms with van der Waals surface area (Å²) in [5.74, 6) is 1.66. The van der Waals surface area contributed by atoms with Crippen molar-refractivity contribution in [3.8, 4) is 17.4 Å². The maximum absolute atomic E-state index is 5.77. The molecule has 0 aliphatic rings. The molecule has 88 valence electrons. The molecular weight excluding hydrogens is 218 g/mol. The van der Waals surface area contributed by atoms with E-state index in [-0.39, 0.29) is 0 Å². The molecule has 1 aromatic heterocycles. The van der Waals surface area contributed by atoms with Gasteiger partial charge < -0.3 is 15.2 Å². The van der Waals surface area contributed by atoms with Crippen LogP contribution in [0.4, 0.5) is 5.69 Å². The van der Waals surface area contributed by atoms with E-state index in [9.17, 15) is 0 Å². The Labute approximate surface area is 99.2 Å². The standard InChI is InChI=1S/C12H13N3O2/c1-8-5-12(15-14-7-8)17-9-3-4-11(16-2)10(13)6-9/h3-7H,13H2,1-2H3. The molecule has 0 unspecified atom stereocenters. The van der Waals surface area contributed by atoms with Crippen molar-refractivity contribution < 1.29 is 9.47 Å². The lowest BCUT2D eigenvalue weighted by molar-refractivity contribution is 0.414. The van der Waals surface area contributed by atoms with E-state index in [1.165, 1.54) is 0 Å². The van der Waals surface area contributed by atoms with Gasteiger partial charge in [-0.2, -0.15) is 5.10 Å². The third kappa shape index (κ3) is 2.63. The molecule has 17 heavy (non-hydrogen) atoms. The molecule has 5 heteroatoms. The topological polar surface area (TPSA) is 70.3 Å². The van der Waals surface area contributed by atoms with Gasteiger partial charge in [-0.05, 0) is 24.6 Å². The largest absolute Gasteiger partial charge is 0.495 e. The highest BCUT2D eigenvalue weighted by atomic mass is 16.5. The number of methoxy groups -OCH3 is 1. The molecule has 1 aromatic carbocycles. The van der Waals surface area contributed by atoms with E-state index in [1.807, 2.05) is 6.92 Å². The highest BCUT2D eigenvalue weighted by molar-refractivity contribution is 5.56. The minimum Gasteiger partial charge on any atom is -0.495 e. The van der Waals surface area contributed by atoms with Gasteiger partial charge in [-0.3, -0.25) is 0 Å². The third-order valence-electron chi connectivity index (χ3n) is 2.19. The van der Waals surface area contributed by atoms with Gasteiger partial charge >= 0.3 is 0 Å². The lowest BCUT2D eigenvalue weighted by atomic mass is 10.3. The van der Waals surface area contributed by atoms with Gasteiger partial charge in [0, 0.05) is 12.1 Å². The van der Waals surface area contributed by atoms with E-state index in [4.69, 9.17) is 15.2 Å². The van der Waals surface area contributed by atoms with Gasteiger partial charge in [0.1, 0.15) is 11.5 Å². The monoisotopic (exact) mass is 231 g/mol. The molecule has 0 saturated heterocycles. The SMILES string of the molecule is COc1ccc(Oc2cc(C)cnn2)cc1N. The molecule has 2 N–H and O–H groups in total. The van der Waals surface area contributed by atoms with Gasteiger partial charge in [-0.1, -0.05) is 0 Å². The van der Waals surface area contributed by atoms with Crippen molar-refractivity contribution in [1.82, 2.24) is 10.2 Å².